The van der Waals surface area contributed by atoms with Crippen LogP contribution < -0.4 is 14.4 Å². The Hall–Kier alpha value is -2.79. The molecule has 3 aromatic carbocycles. The molecule has 0 aliphatic rings. The van der Waals surface area contributed by atoms with Gasteiger partial charge in [0, 0.05) is 16.6 Å². The SMILES string of the molecule is CCOc1ccc(N(CC(=O)N(Cc2ccc(Cl)c(Cl)c2)[C@H](CC)C(=O)NC(C)(C)C)S(=O)(=O)c2ccc(Br)cc2)cc1. The van der Waals surface area contributed by atoms with Crippen LogP contribution in [0.5, 0.6) is 5.75 Å². The highest BCUT2D eigenvalue weighted by molar-refractivity contribution is 9.10. The molecule has 0 radical (unpaired) electrons. The largest absolute Gasteiger partial charge is 0.494 e. The minimum Gasteiger partial charge on any atom is -0.494 e. The van der Waals surface area contributed by atoms with E-state index < -0.39 is 34.1 Å². The maximum absolute atomic E-state index is 14.2. The number of rotatable bonds is 12. The van der Waals surface area contributed by atoms with Gasteiger partial charge in [-0.2, -0.15) is 0 Å². The van der Waals surface area contributed by atoms with Gasteiger partial charge in [0.05, 0.1) is 27.2 Å². The Bertz CT molecular complexity index is 1530. The van der Waals surface area contributed by atoms with E-state index in [1.165, 1.54) is 17.0 Å². The molecule has 0 spiro atoms. The molecule has 0 saturated heterocycles. The predicted molar refractivity (Wildman–Crippen MR) is 175 cm³/mol. The van der Waals surface area contributed by atoms with E-state index in [9.17, 15) is 18.0 Å². The summed E-state index contributed by atoms with van der Waals surface area (Å²) in [6, 6.07) is 16.7. The van der Waals surface area contributed by atoms with Gasteiger partial charge in [-0.1, -0.05) is 52.1 Å². The Labute approximate surface area is 272 Å². The van der Waals surface area contributed by atoms with E-state index in [1.54, 1.807) is 61.5 Å². The molecule has 43 heavy (non-hydrogen) atoms. The first-order chi connectivity index (χ1) is 20.2. The zero-order valence-electron chi connectivity index (χ0n) is 24.7. The normalized spacial score (nSPS) is 12.4. The summed E-state index contributed by atoms with van der Waals surface area (Å²) in [4.78, 5) is 29.0. The second kappa shape index (κ2) is 14.8. The van der Waals surface area contributed by atoms with Gasteiger partial charge < -0.3 is 15.0 Å². The molecule has 0 fully saturated rings. The van der Waals surface area contributed by atoms with Crippen LogP contribution in [-0.4, -0.2) is 49.9 Å². The Morgan fingerprint density at radius 1 is 0.953 bits per heavy atom. The summed E-state index contributed by atoms with van der Waals surface area (Å²) >= 11 is 15.7. The Morgan fingerprint density at radius 3 is 2.12 bits per heavy atom. The van der Waals surface area contributed by atoms with Gasteiger partial charge in [0.1, 0.15) is 18.3 Å². The fourth-order valence-electron chi connectivity index (χ4n) is 4.34. The molecule has 12 heteroatoms. The Morgan fingerprint density at radius 2 is 1.58 bits per heavy atom. The molecule has 0 aliphatic carbocycles. The molecule has 1 N–H and O–H groups in total. The summed E-state index contributed by atoms with van der Waals surface area (Å²) in [5.74, 6) is -0.368. The lowest BCUT2D eigenvalue weighted by Gasteiger charge is -2.34. The second-order valence-electron chi connectivity index (χ2n) is 10.8. The molecule has 0 heterocycles. The van der Waals surface area contributed by atoms with Crippen molar-refractivity contribution in [2.24, 2.45) is 0 Å². The molecule has 8 nitrogen and oxygen atoms in total. The highest BCUT2D eigenvalue weighted by Gasteiger charge is 2.34. The lowest BCUT2D eigenvalue weighted by molar-refractivity contribution is -0.141. The number of sulfonamides is 1. The van der Waals surface area contributed by atoms with Crippen LogP contribution in [0.1, 0.15) is 46.6 Å². The van der Waals surface area contributed by atoms with Crippen molar-refractivity contribution in [3.05, 3.63) is 86.8 Å². The molecule has 0 aliphatic heterocycles. The predicted octanol–water partition coefficient (Wildman–Crippen LogP) is 7.07. The summed E-state index contributed by atoms with van der Waals surface area (Å²) in [7, 11) is -4.21. The number of hydrogen-bond donors (Lipinski definition) is 1. The van der Waals surface area contributed by atoms with Gasteiger partial charge >= 0.3 is 0 Å². The fourth-order valence-corrected chi connectivity index (χ4v) is 6.34. The number of ether oxygens (including phenoxy) is 1. The van der Waals surface area contributed by atoms with E-state index in [0.717, 1.165) is 4.31 Å². The van der Waals surface area contributed by atoms with Gasteiger partial charge in [0.15, 0.2) is 0 Å². The highest BCUT2D eigenvalue weighted by Crippen LogP contribution is 2.28. The van der Waals surface area contributed by atoms with E-state index in [-0.39, 0.29) is 29.5 Å². The molecule has 3 rings (SSSR count). The van der Waals surface area contributed by atoms with Crippen molar-refractivity contribution in [3.63, 3.8) is 0 Å². The van der Waals surface area contributed by atoms with Gasteiger partial charge in [0.25, 0.3) is 10.0 Å². The van der Waals surface area contributed by atoms with Crippen LogP contribution in [0.25, 0.3) is 0 Å². The lowest BCUT2D eigenvalue weighted by Crippen LogP contribution is -2.55. The van der Waals surface area contributed by atoms with E-state index in [1.807, 2.05) is 27.7 Å². The maximum atomic E-state index is 14.2. The summed E-state index contributed by atoms with van der Waals surface area (Å²) in [6.07, 6.45) is 0.289. The van der Waals surface area contributed by atoms with Crippen molar-refractivity contribution in [3.8, 4) is 5.75 Å². The lowest BCUT2D eigenvalue weighted by atomic mass is 10.1. The number of benzene rings is 3. The van der Waals surface area contributed by atoms with Crippen LogP contribution in [0.2, 0.25) is 10.0 Å². The van der Waals surface area contributed by atoms with Crippen molar-refractivity contribution < 1.29 is 22.7 Å². The first kappa shape index (κ1) is 34.7. The van der Waals surface area contributed by atoms with E-state index >= 15 is 0 Å². The average Bonchev–Trinajstić information content (AvgIpc) is 2.93. The number of amides is 2. The number of carbonyl (C=O) groups is 2. The molecular weight excluding hydrogens is 677 g/mol. The van der Waals surface area contributed by atoms with Gasteiger partial charge in [-0.15, -0.1) is 0 Å². The molecule has 1 atom stereocenters. The van der Waals surface area contributed by atoms with E-state index in [2.05, 4.69) is 21.2 Å². The van der Waals surface area contributed by atoms with Crippen molar-refractivity contribution in [1.29, 1.82) is 0 Å². The van der Waals surface area contributed by atoms with Gasteiger partial charge in [-0.25, -0.2) is 8.42 Å². The number of carbonyl (C=O) groups excluding carboxylic acids is 2. The third kappa shape index (κ3) is 9.35. The molecule has 3 aromatic rings. The Kier molecular flexibility index (Phi) is 11.9. The van der Waals surface area contributed by atoms with Crippen LogP contribution in [-0.2, 0) is 26.2 Å². The van der Waals surface area contributed by atoms with Gasteiger partial charge in [0.2, 0.25) is 11.8 Å². The van der Waals surface area contributed by atoms with Crippen molar-refractivity contribution in [1.82, 2.24) is 10.2 Å². The number of nitrogens with one attached hydrogen (secondary N) is 1. The quantitative estimate of drug-likeness (QED) is 0.217. The van der Waals surface area contributed by atoms with Crippen LogP contribution in [0.4, 0.5) is 5.69 Å². The van der Waals surface area contributed by atoms with Crippen molar-refractivity contribution in [2.45, 2.75) is 64.1 Å². The van der Waals surface area contributed by atoms with E-state index in [4.69, 9.17) is 27.9 Å². The van der Waals surface area contributed by atoms with E-state index in [0.29, 0.717) is 32.4 Å². The molecule has 0 aromatic heterocycles. The molecule has 0 bridgehead atoms. The summed E-state index contributed by atoms with van der Waals surface area (Å²) < 4.78 is 35.3. The third-order valence-corrected chi connectivity index (χ3v) is 9.39. The number of nitrogens with zero attached hydrogens (tertiary/aromatic N) is 2. The number of hydrogen-bond acceptors (Lipinski definition) is 5. The number of halogens is 3. The Balaban J connectivity index is 2.09. The molecule has 0 saturated carbocycles. The minimum absolute atomic E-state index is 0.00123. The maximum Gasteiger partial charge on any atom is 0.264 e. The zero-order valence-corrected chi connectivity index (χ0v) is 28.6. The second-order valence-corrected chi connectivity index (χ2v) is 14.4. The van der Waals surface area contributed by atoms with Crippen molar-refractivity contribution in [2.75, 3.05) is 17.5 Å². The zero-order chi connectivity index (χ0) is 31.9. The van der Waals surface area contributed by atoms with Gasteiger partial charge in [-0.3, -0.25) is 13.9 Å². The fraction of sp³-hybridized carbons (Fsp3) is 0.355. The molecule has 232 valence electrons. The minimum atomic E-state index is -4.21. The topological polar surface area (TPSA) is 96.0 Å². The standard InChI is InChI=1S/C31H36BrCl2N3O5S/c1-6-28(30(39)35-31(3,4)5)36(19-21-8-17-26(33)27(34)18-21)29(38)20-37(23-11-13-24(14-12-23)42-7-2)43(40,41)25-15-9-22(32)10-16-25/h8-18,28H,6-7,19-20H2,1-5H3,(H,35,39)/t28-/m1/s1. The summed E-state index contributed by atoms with van der Waals surface area (Å²) in [5.41, 5.74) is 0.344. The monoisotopic (exact) mass is 711 g/mol. The van der Waals surface area contributed by atoms with Crippen LogP contribution in [0.3, 0.4) is 0 Å². The highest BCUT2D eigenvalue weighted by atomic mass is 79.9. The smallest absolute Gasteiger partial charge is 0.264 e. The average molecular weight is 714 g/mol. The summed E-state index contributed by atoms with van der Waals surface area (Å²) in [6.45, 7) is 9.07. The number of anilines is 1. The van der Waals surface area contributed by atoms with Crippen LogP contribution >= 0.6 is 39.1 Å². The molecule has 0 unspecified atom stereocenters. The van der Waals surface area contributed by atoms with Crippen LogP contribution in [0.15, 0.2) is 76.1 Å². The first-order valence-corrected chi connectivity index (χ1v) is 16.7. The summed E-state index contributed by atoms with van der Waals surface area (Å²) in [5, 5.41) is 3.59. The van der Waals surface area contributed by atoms with Crippen LogP contribution in [0, 0.1) is 0 Å². The van der Waals surface area contributed by atoms with Crippen molar-refractivity contribution >= 4 is 66.7 Å². The molecular formula is C31H36BrCl2N3O5S. The third-order valence-electron chi connectivity index (χ3n) is 6.34. The van der Waals surface area contributed by atoms with Gasteiger partial charge in [-0.05, 0) is 100 Å². The molecule has 2 amide bonds. The first-order valence-electron chi connectivity index (χ1n) is 13.7.